The Morgan fingerprint density at radius 1 is 1.20 bits per heavy atom. The van der Waals surface area contributed by atoms with E-state index in [1.165, 1.54) is 30.0 Å². The summed E-state index contributed by atoms with van der Waals surface area (Å²) >= 11 is 0. The molecular weight excluding hydrogens is 272 g/mol. The van der Waals surface area contributed by atoms with Crippen molar-refractivity contribution in [3.63, 3.8) is 0 Å². The average Bonchev–Trinajstić information content (AvgIpc) is 2.86. The highest BCUT2D eigenvalue weighted by molar-refractivity contribution is 7.89. The van der Waals surface area contributed by atoms with Gasteiger partial charge in [0.25, 0.3) is 0 Å². The molecule has 4 nitrogen and oxygen atoms in total. The summed E-state index contributed by atoms with van der Waals surface area (Å²) in [5.74, 6) is 0.736. The summed E-state index contributed by atoms with van der Waals surface area (Å²) in [4.78, 5) is 0.339. The van der Waals surface area contributed by atoms with Gasteiger partial charge in [-0.1, -0.05) is 19.8 Å². The zero-order valence-electron chi connectivity index (χ0n) is 12.5. The molecule has 0 radical (unpaired) electrons. The molecule has 0 aliphatic heterocycles. The van der Waals surface area contributed by atoms with E-state index < -0.39 is 10.0 Å². The second-order valence-corrected chi connectivity index (χ2v) is 7.81. The molecule has 1 aromatic carbocycles. The number of hydrogen-bond donors (Lipinski definition) is 1. The summed E-state index contributed by atoms with van der Waals surface area (Å²) in [6.07, 6.45) is 4.98. The van der Waals surface area contributed by atoms with Crippen LogP contribution in [0.3, 0.4) is 0 Å². The lowest BCUT2D eigenvalue weighted by atomic mass is 10.0. The van der Waals surface area contributed by atoms with Crippen molar-refractivity contribution >= 4 is 15.7 Å². The van der Waals surface area contributed by atoms with E-state index in [1.807, 2.05) is 12.1 Å². The molecule has 2 atom stereocenters. The van der Waals surface area contributed by atoms with Gasteiger partial charge in [-0.05, 0) is 43.0 Å². The third-order valence-electron chi connectivity index (χ3n) is 4.17. The Labute approximate surface area is 122 Å². The van der Waals surface area contributed by atoms with Gasteiger partial charge in [0.2, 0.25) is 10.0 Å². The van der Waals surface area contributed by atoms with Gasteiger partial charge < -0.3 is 5.32 Å². The molecule has 0 heterocycles. The molecule has 0 aromatic heterocycles. The van der Waals surface area contributed by atoms with Crippen LogP contribution in [0.5, 0.6) is 0 Å². The molecule has 1 saturated carbocycles. The number of benzene rings is 1. The van der Waals surface area contributed by atoms with Gasteiger partial charge in [0.15, 0.2) is 0 Å². The Kier molecular flexibility index (Phi) is 4.70. The van der Waals surface area contributed by atoms with E-state index in [0.29, 0.717) is 10.9 Å². The largest absolute Gasteiger partial charge is 0.382 e. The Morgan fingerprint density at radius 2 is 1.85 bits per heavy atom. The molecule has 1 aromatic rings. The van der Waals surface area contributed by atoms with Crippen LogP contribution in [0.25, 0.3) is 0 Å². The highest BCUT2D eigenvalue weighted by Crippen LogP contribution is 2.31. The molecule has 0 amide bonds. The first-order valence-electron chi connectivity index (χ1n) is 7.24. The summed E-state index contributed by atoms with van der Waals surface area (Å²) in [5.41, 5.74) is 1.01. The zero-order chi connectivity index (χ0) is 14.8. The first-order chi connectivity index (χ1) is 9.45. The van der Waals surface area contributed by atoms with Gasteiger partial charge in [-0.3, -0.25) is 0 Å². The Bertz CT molecular complexity index is 537. The highest BCUT2D eigenvalue weighted by atomic mass is 32.2. The van der Waals surface area contributed by atoms with Crippen LogP contribution >= 0.6 is 0 Å². The SMILES string of the molecule is CCC1CCCC1Nc1ccc(S(=O)(=O)N(C)C)cc1. The van der Waals surface area contributed by atoms with Crippen molar-refractivity contribution < 1.29 is 8.42 Å². The second-order valence-electron chi connectivity index (χ2n) is 5.66. The van der Waals surface area contributed by atoms with Crippen molar-refractivity contribution in [2.24, 2.45) is 5.92 Å². The Balaban J connectivity index is 2.09. The fourth-order valence-corrected chi connectivity index (χ4v) is 3.77. The summed E-state index contributed by atoms with van der Waals surface area (Å²) in [7, 11) is -0.236. The number of hydrogen-bond acceptors (Lipinski definition) is 3. The number of nitrogens with zero attached hydrogens (tertiary/aromatic N) is 1. The minimum atomic E-state index is -3.33. The molecule has 0 bridgehead atoms. The highest BCUT2D eigenvalue weighted by Gasteiger charge is 2.25. The van der Waals surface area contributed by atoms with Gasteiger partial charge in [0.1, 0.15) is 0 Å². The maximum atomic E-state index is 12.0. The maximum Gasteiger partial charge on any atom is 0.242 e. The van der Waals surface area contributed by atoms with Crippen molar-refractivity contribution in [3.8, 4) is 0 Å². The molecule has 1 N–H and O–H groups in total. The quantitative estimate of drug-likeness (QED) is 0.909. The van der Waals surface area contributed by atoms with E-state index in [4.69, 9.17) is 0 Å². The van der Waals surface area contributed by atoms with E-state index in [9.17, 15) is 8.42 Å². The molecule has 1 aliphatic carbocycles. The molecule has 20 heavy (non-hydrogen) atoms. The zero-order valence-corrected chi connectivity index (χ0v) is 13.3. The number of sulfonamides is 1. The summed E-state index contributed by atoms with van der Waals surface area (Å²) in [6.45, 7) is 2.23. The fourth-order valence-electron chi connectivity index (χ4n) is 2.86. The average molecular weight is 296 g/mol. The van der Waals surface area contributed by atoms with Crippen molar-refractivity contribution in [1.29, 1.82) is 0 Å². The summed E-state index contributed by atoms with van der Waals surface area (Å²) in [6, 6.07) is 7.60. The van der Waals surface area contributed by atoms with Crippen LogP contribution in [0.1, 0.15) is 32.6 Å². The lowest BCUT2D eigenvalue weighted by molar-refractivity contribution is 0.489. The van der Waals surface area contributed by atoms with E-state index in [-0.39, 0.29) is 0 Å². The number of rotatable bonds is 5. The van der Waals surface area contributed by atoms with Crippen LogP contribution in [-0.4, -0.2) is 32.9 Å². The lowest BCUT2D eigenvalue weighted by Gasteiger charge is -2.21. The summed E-state index contributed by atoms with van der Waals surface area (Å²) < 4.78 is 25.2. The van der Waals surface area contributed by atoms with Gasteiger partial charge in [-0.25, -0.2) is 12.7 Å². The molecule has 2 rings (SSSR count). The van der Waals surface area contributed by atoms with Gasteiger partial charge in [0.05, 0.1) is 4.90 Å². The topological polar surface area (TPSA) is 49.4 Å². The second kappa shape index (κ2) is 6.14. The minimum Gasteiger partial charge on any atom is -0.382 e. The monoisotopic (exact) mass is 296 g/mol. The molecule has 1 aliphatic rings. The first kappa shape index (κ1) is 15.3. The van der Waals surface area contributed by atoms with E-state index in [0.717, 1.165) is 11.6 Å². The number of nitrogens with one attached hydrogen (secondary N) is 1. The van der Waals surface area contributed by atoms with Gasteiger partial charge >= 0.3 is 0 Å². The van der Waals surface area contributed by atoms with Crippen LogP contribution in [0, 0.1) is 5.92 Å². The minimum absolute atomic E-state index is 0.339. The predicted octanol–water partition coefficient (Wildman–Crippen LogP) is 2.93. The Hall–Kier alpha value is -1.07. The molecule has 0 spiro atoms. The van der Waals surface area contributed by atoms with Crippen molar-refractivity contribution in [2.75, 3.05) is 19.4 Å². The van der Waals surface area contributed by atoms with Crippen LogP contribution < -0.4 is 5.32 Å². The van der Waals surface area contributed by atoms with E-state index in [1.54, 1.807) is 26.2 Å². The maximum absolute atomic E-state index is 12.0. The fraction of sp³-hybridized carbons (Fsp3) is 0.600. The molecule has 5 heteroatoms. The molecule has 1 fully saturated rings. The van der Waals surface area contributed by atoms with Gasteiger partial charge in [-0.15, -0.1) is 0 Å². The molecule has 2 unspecified atom stereocenters. The van der Waals surface area contributed by atoms with Crippen molar-refractivity contribution in [2.45, 2.75) is 43.5 Å². The Morgan fingerprint density at radius 3 is 2.40 bits per heavy atom. The molecule has 0 saturated heterocycles. The van der Waals surface area contributed by atoms with Crippen molar-refractivity contribution in [3.05, 3.63) is 24.3 Å². The smallest absolute Gasteiger partial charge is 0.242 e. The first-order valence-corrected chi connectivity index (χ1v) is 8.68. The van der Waals surface area contributed by atoms with Crippen LogP contribution in [0.2, 0.25) is 0 Å². The third-order valence-corrected chi connectivity index (χ3v) is 6.00. The molecular formula is C15H24N2O2S. The molecule has 112 valence electrons. The third kappa shape index (κ3) is 3.15. The van der Waals surface area contributed by atoms with Crippen LogP contribution in [0.15, 0.2) is 29.2 Å². The predicted molar refractivity (Wildman–Crippen MR) is 82.4 cm³/mol. The van der Waals surface area contributed by atoms with E-state index >= 15 is 0 Å². The van der Waals surface area contributed by atoms with E-state index in [2.05, 4.69) is 12.2 Å². The van der Waals surface area contributed by atoms with Crippen molar-refractivity contribution in [1.82, 2.24) is 4.31 Å². The summed E-state index contributed by atoms with van der Waals surface area (Å²) in [5, 5.41) is 3.54. The standard InChI is InChI=1S/C15H24N2O2S/c1-4-12-6-5-7-15(12)16-13-8-10-14(11-9-13)20(18,19)17(2)3/h8-12,15-16H,4-7H2,1-3H3. The van der Waals surface area contributed by atoms with Gasteiger partial charge in [0, 0.05) is 25.8 Å². The lowest BCUT2D eigenvalue weighted by Crippen LogP contribution is -2.24. The van der Waals surface area contributed by atoms with Crippen LogP contribution in [0.4, 0.5) is 5.69 Å². The van der Waals surface area contributed by atoms with Gasteiger partial charge in [-0.2, -0.15) is 0 Å². The normalized spacial score (nSPS) is 23.2. The number of anilines is 1. The van der Waals surface area contributed by atoms with Crippen LogP contribution in [-0.2, 0) is 10.0 Å².